The smallest absolute Gasteiger partial charge is 0.338 e. The molecule has 0 aromatic heterocycles. The lowest BCUT2D eigenvalue weighted by atomic mass is 9.86. The van der Waals surface area contributed by atoms with Gasteiger partial charge in [-0.3, -0.25) is 9.69 Å². The van der Waals surface area contributed by atoms with Gasteiger partial charge in [0.1, 0.15) is 5.75 Å². The molecule has 4 rings (SSSR count). The molecule has 32 heavy (non-hydrogen) atoms. The molecule has 1 saturated heterocycles. The largest absolute Gasteiger partial charge is 0.497 e. The second-order valence-electron chi connectivity index (χ2n) is 7.41. The highest BCUT2D eigenvalue weighted by atomic mass is 32.2. The van der Waals surface area contributed by atoms with E-state index in [1.165, 1.54) is 11.8 Å². The van der Waals surface area contributed by atoms with Gasteiger partial charge in [0.25, 0.3) is 0 Å². The molecule has 1 fully saturated rings. The van der Waals surface area contributed by atoms with Crippen molar-refractivity contribution in [2.75, 3.05) is 31.2 Å². The van der Waals surface area contributed by atoms with E-state index in [4.69, 9.17) is 9.47 Å². The Hall–Kier alpha value is -3.44. The van der Waals surface area contributed by atoms with Crippen LogP contribution in [0.2, 0.25) is 0 Å². The number of carbonyl (C=O) groups is 2. The van der Waals surface area contributed by atoms with E-state index in [0.29, 0.717) is 41.1 Å². The lowest BCUT2D eigenvalue weighted by Gasteiger charge is -2.42. The van der Waals surface area contributed by atoms with Crippen molar-refractivity contribution >= 4 is 29.3 Å². The van der Waals surface area contributed by atoms with E-state index in [9.17, 15) is 14.9 Å². The van der Waals surface area contributed by atoms with Gasteiger partial charge in [-0.15, -0.1) is 0 Å². The fourth-order valence-electron chi connectivity index (χ4n) is 3.91. The zero-order valence-electron chi connectivity index (χ0n) is 17.9. The van der Waals surface area contributed by atoms with Crippen molar-refractivity contribution in [2.24, 2.45) is 0 Å². The first-order valence-corrected chi connectivity index (χ1v) is 11.3. The first-order valence-electron chi connectivity index (χ1n) is 10.3. The number of rotatable bonds is 5. The molecular formula is C24H23N3O4S. The predicted octanol–water partition coefficient (Wildman–Crippen LogP) is 4.09. The van der Waals surface area contributed by atoms with Crippen molar-refractivity contribution in [2.45, 2.75) is 19.3 Å². The summed E-state index contributed by atoms with van der Waals surface area (Å²) >= 11 is 1.46. The molecule has 0 saturated carbocycles. The minimum Gasteiger partial charge on any atom is -0.497 e. The number of ether oxygens (including phenoxy) is 2. The number of anilines is 1. The second kappa shape index (κ2) is 9.37. The molecule has 7 nitrogen and oxygen atoms in total. The number of nitriles is 1. The van der Waals surface area contributed by atoms with Crippen molar-refractivity contribution in [3.8, 4) is 11.8 Å². The van der Waals surface area contributed by atoms with Gasteiger partial charge in [-0.05, 0) is 42.8 Å². The Morgan fingerprint density at radius 3 is 2.81 bits per heavy atom. The van der Waals surface area contributed by atoms with Crippen LogP contribution in [0.5, 0.6) is 5.75 Å². The Bertz CT molecular complexity index is 1120. The minimum atomic E-state index is -0.374. The molecule has 0 aliphatic carbocycles. The van der Waals surface area contributed by atoms with Gasteiger partial charge in [0, 0.05) is 18.0 Å². The summed E-state index contributed by atoms with van der Waals surface area (Å²) in [5, 5.41) is 10.7. The Morgan fingerprint density at radius 2 is 2.06 bits per heavy atom. The molecule has 2 aliphatic rings. The van der Waals surface area contributed by atoms with Crippen LogP contribution in [0.25, 0.3) is 0 Å². The molecule has 2 aromatic carbocycles. The highest BCUT2D eigenvalue weighted by Gasteiger charge is 2.38. The van der Waals surface area contributed by atoms with Crippen molar-refractivity contribution in [1.29, 1.82) is 5.26 Å². The van der Waals surface area contributed by atoms with Crippen molar-refractivity contribution in [1.82, 2.24) is 4.90 Å². The average molecular weight is 450 g/mol. The summed E-state index contributed by atoms with van der Waals surface area (Å²) in [6.45, 7) is 2.40. The van der Waals surface area contributed by atoms with Gasteiger partial charge in [0.05, 0.1) is 48.5 Å². The van der Waals surface area contributed by atoms with Crippen molar-refractivity contribution < 1.29 is 19.1 Å². The van der Waals surface area contributed by atoms with Crippen LogP contribution in [0.3, 0.4) is 0 Å². The summed E-state index contributed by atoms with van der Waals surface area (Å²) in [6, 6.07) is 17.1. The maximum absolute atomic E-state index is 13.1. The lowest BCUT2D eigenvalue weighted by molar-refractivity contribution is -0.129. The van der Waals surface area contributed by atoms with Crippen LogP contribution in [-0.4, -0.2) is 43.0 Å². The molecule has 2 aromatic rings. The number of nitrogens with zero attached hydrogens (tertiary/aromatic N) is 3. The fourth-order valence-corrected chi connectivity index (χ4v) is 5.08. The number of hydrogen-bond donors (Lipinski definition) is 0. The van der Waals surface area contributed by atoms with E-state index in [-0.39, 0.29) is 24.2 Å². The van der Waals surface area contributed by atoms with E-state index in [0.717, 1.165) is 11.3 Å². The van der Waals surface area contributed by atoms with Crippen LogP contribution in [0.1, 0.15) is 35.2 Å². The van der Waals surface area contributed by atoms with Gasteiger partial charge < -0.3 is 14.4 Å². The SMILES string of the molecule is CCOC(=O)c1cccc(N2CSC3=C(C#N)[C@H](c4cccc(OC)c4)CC(=O)N3C2)c1. The molecule has 2 heterocycles. The zero-order valence-corrected chi connectivity index (χ0v) is 18.7. The third-order valence-corrected chi connectivity index (χ3v) is 6.67. The van der Waals surface area contributed by atoms with E-state index in [2.05, 4.69) is 6.07 Å². The van der Waals surface area contributed by atoms with Crippen LogP contribution in [-0.2, 0) is 9.53 Å². The van der Waals surface area contributed by atoms with Gasteiger partial charge in [-0.25, -0.2) is 4.79 Å². The van der Waals surface area contributed by atoms with Gasteiger partial charge in [-0.2, -0.15) is 5.26 Å². The molecule has 0 bridgehead atoms. The molecule has 2 aliphatic heterocycles. The number of thioether (sulfide) groups is 1. The molecule has 0 spiro atoms. The topological polar surface area (TPSA) is 82.9 Å². The van der Waals surface area contributed by atoms with Crippen LogP contribution in [0.4, 0.5) is 5.69 Å². The van der Waals surface area contributed by atoms with Crippen LogP contribution in [0.15, 0.2) is 59.1 Å². The fraction of sp³-hybridized carbons (Fsp3) is 0.292. The van der Waals surface area contributed by atoms with Gasteiger partial charge >= 0.3 is 5.97 Å². The summed E-state index contributed by atoms with van der Waals surface area (Å²) in [5.41, 5.74) is 2.79. The minimum absolute atomic E-state index is 0.0365. The number of allylic oxidation sites excluding steroid dienone is 1. The molecule has 1 amide bonds. The number of methoxy groups -OCH3 is 1. The Balaban J connectivity index is 1.61. The van der Waals surface area contributed by atoms with Gasteiger partial charge in [0.2, 0.25) is 5.91 Å². The zero-order chi connectivity index (χ0) is 22.7. The average Bonchev–Trinajstić information content (AvgIpc) is 2.84. The van der Waals surface area contributed by atoms with Crippen LogP contribution < -0.4 is 9.64 Å². The van der Waals surface area contributed by atoms with E-state index in [1.54, 1.807) is 37.1 Å². The highest BCUT2D eigenvalue weighted by Crippen LogP contribution is 2.43. The second-order valence-corrected chi connectivity index (χ2v) is 8.34. The monoisotopic (exact) mass is 449 g/mol. The summed E-state index contributed by atoms with van der Waals surface area (Å²) < 4.78 is 10.4. The normalized spacial score (nSPS) is 18.2. The van der Waals surface area contributed by atoms with Crippen molar-refractivity contribution in [3.63, 3.8) is 0 Å². The number of carbonyl (C=O) groups excluding carboxylic acids is 2. The van der Waals surface area contributed by atoms with Crippen molar-refractivity contribution in [3.05, 3.63) is 70.3 Å². The number of esters is 1. The summed E-state index contributed by atoms with van der Waals surface area (Å²) in [4.78, 5) is 28.9. The quantitative estimate of drug-likeness (QED) is 0.636. The first-order chi connectivity index (χ1) is 15.5. The number of hydrogen-bond acceptors (Lipinski definition) is 7. The number of fused-ring (bicyclic) bond motifs is 1. The number of benzene rings is 2. The summed E-state index contributed by atoms with van der Waals surface area (Å²) in [5.74, 6) is 0.553. The first kappa shape index (κ1) is 21.8. The third kappa shape index (κ3) is 4.16. The number of amides is 1. The Labute approximate surface area is 191 Å². The highest BCUT2D eigenvalue weighted by molar-refractivity contribution is 8.03. The molecule has 8 heteroatoms. The van der Waals surface area contributed by atoms with Gasteiger partial charge in [0.15, 0.2) is 0 Å². The molecule has 164 valence electrons. The van der Waals surface area contributed by atoms with Crippen LogP contribution >= 0.6 is 11.8 Å². The molecule has 1 atom stereocenters. The Morgan fingerprint density at radius 1 is 1.25 bits per heavy atom. The molecule has 0 radical (unpaired) electrons. The molecule has 0 N–H and O–H groups in total. The maximum atomic E-state index is 13.1. The van der Waals surface area contributed by atoms with Crippen LogP contribution in [0, 0.1) is 11.3 Å². The summed E-state index contributed by atoms with van der Waals surface area (Å²) in [6.07, 6.45) is 0.219. The van der Waals surface area contributed by atoms with E-state index >= 15 is 0 Å². The Kier molecular flexibility index (Phi) is 6.37. The molecular weight excluding hydrogens is 426 g/mol. The summed E-state index contributed by atoms with van der Waals surface area (Å²) in [7, 11) is 1.60. The van der Waals surface area contributed by atoms with E-state index in [1.807, 2.05) is 35.2 Å². The standard InChI is InChI=1S/C24H23N3O4S/c1-3-31-24(29)17-7-4-8-18(10-17)26-14-27-22(28)12-20(21(13-25)23(27)32-15-26)16-6-5-9-19(11-16)30-2/h4-11,20H,3,12,14-15H2,1-2H3/t20-/m0/s1. The third-order valence-electron chi connectivity index (χ3n) is 5.51. The van der Waals surface area contributed by atoms with Gasteiger partial charge in [-0.1, -0.05) is 30.0 Å². The lowest BCUT2D eigenvalue weighted by Crippen LogP contribution is -2.47. The maximum Gasteiger partial charge on any atom is 0.338 e. The predicted molar refractivity (Wildman–Crippen MR) is 122 cm³/mol. The van der Waals surface area contributed by atoms with E-state index < -0.39 is 0 Å². The molecule has 0 unspecified atom stereocenters.